The fourth-order valence-electron chi connectivity index (χ4n) is 2.96. The molecule has 148 valence electrons. The number of piperidine rings is 1. The van der Waals surface area contributed by atoms with Gasteiger partial charge in [0.05, 0.1) is 16.6 Å². The van der Waals surface area contributed by atoms with Crippen LogP contribution in [0, 0.1) is 12.8 Å². The van der Waals surface area contributed by atoms with Crippen LogP contribution in [0.4, 0.5) is 0 Å². The predicted octanol–water partition coefficient (Wildman–Crippen LogP) is 1.89. The quantitative estimate of drug-likeness (QED) is 0.673. The highest BCUT2D eigenvalue weighted by Gasteiger charge is 2.34. The van der Waals surface area contributed by atoms with Crippen LogP contribution in [0.15, 0.2) is 16.6 Å². The number of nitrogens with zero attached hydrogens (tertiary/aromatic N) is 4. The van der Waals surface area contributed by atoms with E-state index in [1.165, 1.54) is 10.5 Å². The van der Waals surface area contributed by atoms with Crippen molar-refractivity contribution >= 4 is 27.3 Å². The second-order valence-electron chi connectivity index (χ2n) is 6.61. The van der Waals surface area contributed by atoms with Gasteiger partial charge in [-0.1, -0.05) is 6.92 Å². The van der Waals surface area contributed by atoms with Crippen molar-refractivity contribution in [2.45, 2.75) is 44.7 Å². The molecule has 1 aliphatic heterocycles. The van der Waals surface area contributed by atoms with Gasteiger partial charge in [-0.25, -0.2) is 18.4 Å². The maximum absolute atomic E-state index is 12.7. The zero-order valence-electron chi connectivity index (χ0n) is 15.7. The molecule has 2 aromatic heterocycles. The van der Waals surface area contributed by atoms with Gasteiger partial charge in [-0.2, -0.15) is 4.31 Å². The average Bonchev–Trinajstić information content (AvgIpc) is 3.26. The molecule has 8 nitrogen and oxygen atoms in total. The lowest BCUT2D eigenvalue weighted by atomic mass is 9.98. The zero-order valence-corrected chi connectivity index (χ0v) is 17.3. The normalized spacial score (nSPS) is 16.6. The minimum absolute atomic E-state index is 0.0544. The summed E-state index contributed by atoms with van der Waals surface area (Å²) in [6.07, 6.45) is 3.27. The molecule has 0 aromatic carbocycles. The van der Waals surface area contributed by atoms with Crippen LogP contribution < -0.4 is 0 Å². The molecule has 3 rings (SSSR count). The van der Waals surface area contributed by atoms with Crippen molar-refractivity contribution in [1.29, 1.82) is 0 Å². The van der Waals surface area contributed by atoms with Crippen LogP contribution in [-0.2, 0) is 39.6 Å². The Morgan fingerprint density at radius 1 is 1.33 bits per heavy atom. The molecular formula is C17H24N4O4S2. The second-order valence-corrected chi connectivity index (χ2v) is 9.44. The number of sulfonamides is 1. The Labute approximate surface area is 163 Å². The number of imidazole rings is 1. The first-order chi connectivity index (χ1) is 12.8. The maximum atomic E-state index is 12.7. The van der Waals surface area contributed by atoms with E-state index in [9.17, 15) is 13.2 Å². The molecule has 1 saturated heterocycles. The molecule has 0 aliphatic carbocycles. The van der Waals surface area contributed by atoms with Gasteiger partial charge in [0.1, 0.15) is 12.4 Å². The summed E-state index contributed by atoms with van der Waals surface area (Å²) in [6, 6.07) is 0. The van der Waals surface area contributed by atoms with Crippen LogP contribution in [-0.4, -0.2) is 46.3 Å². The van der Waals surface area contributed by atoms with Gasteiger partial charge in [0.25, 0.3) is 10.0 Å². The molecule has 0 amide bonds. The molecule has 27 heavy (non-hydrogen) atoms. The van der Waals surface area contributed by atoms with Crippen LogP contribution >= 0.6 is 11.3 Å². The molecule has 0 spiro atoms. The lowest BCUT2D eigenvalue weighted by molar-refractivity contribution is -0.151. The van der Waals surface area contributed by atoms with Gasteiger partial charge in [-0.3, -0.25) is 4.79 Å². The van der Waals surface area contributed by atoms with Crippen molar-refractivity contribution in [3.8, 4) is 0 Å². The molecule has 0 unspecified atom stereocenters. The summed E-state index contributed by atoms with van der Waals surface area (Å²) < 4.78 is 33.8. The Kier molecular flexibility index (Phi) is 5.97. The van der Waals surface area contributed by atoms with Gasteiger partial charge in [-0.05, 0) is 26.2 Å². The first-order valence-corrected chi connectivity index (χ1v) is 11.2. The SMILES string of the molecule is CCc1nc(COC(=O)C2CCN(S(=O)(=O)c3cn(C)c(C)n3)CC2)cs1. The first-order valence-electron chi connectivity index (χ1n) is 8.91. The molecule has 0 atom stereocenters. The predicted molar refractivity (Wildman–Crippen MR) is 101 cm³/mol. The Balaban J connectivity index is 1.54. The lowest BCUT2D eigenvalue weighted by Crippen LogP contribution is -2.40. The molecule has 1 fully saturated rings. The fraction of sp³-hybridized carbons (Fsp3) is 0.588. The highest BCUT2D eigenvalue weighted by Crippen LogP contribution is 2.24. The number of hydrogen-bond donors (Lipinski definition) is 0. The number of ether oxygens (including phenoxy) is 1. The third kappa shape index (κ3) is 4.39. The summed E-state index contributed by atoms with van der Waals surface area (Å²) in [5.74, 6) is 0.0679. The van der Waals surface area contributed by atoms with Gasteiger partial charge in [0, 0.05) is 31.7 Å². The summed E-state index contributed by atoms with van der Waals surface area (Å²) in [6.45, 7) is 4.53. The average molecular weight is 413 g/mol. The Morgan fingerprint density at radius 3 is 2.59 bits per heavy atom. The number of aryl methyl sites for hydroxylation is 3. The summed E-state index contributed by atoms with van der Waals surface area (Å²) in [5.41, 5.74) is 0.760. The third-order valence-corrected chi connectivity index (χ3v) is 7.55. The lowest BCUT2D eigenvalue weighted by Gasteiger charge is -2.29. The minimum atomic E-state index is -3.63. The summed E-state index contributed by atoms with van der Waals surface area (Å²) in [4.78, 5) is 20.8. The van der Waals surface area contributed by atoms with Crippen LogP contribution in [0.1, 0.15) is 36.3 Å². The highest BCUT2D eigenvalue weighted by atomic mass is 32.2. The van der Waals surface area contributed by atoms with E-state index in [-0.39, 0.29) is 36.6 Å². The van der Waals surface area contributed by atoms with Crippen LogP contribution in [0.3, 0.4) is 0 Å². The first kappa shape index (κ1) is 20.0. The Bertz CT molecular complexity index is 892. The molecule has 0 N–H and O–H groups in total. The van der Waals surface area contributed by atoms with Gasteiger partial charge in [0.2, 0.25) is 0 Å². The van der Waals surface area contributed by atoms with Gasteiger partial charge in [-0.15, -0.1) is 11.3 Å². The summed E-state index contributed by atoms with van der Waals surface area (Å²) >= 11 is 1.56. The highest BCUT2D eigenvalue weighted by molar-refractivity contribution is 7.89. The van der Waals surface area contributed by atoms with Crippen LogP contribution in [0.25, 0.3) is 0 Å². The molecular weight excluding hydrogens is 388 g/mol. The molecule has 3 heterocycles. The minimum Gasteiger partial charge on any atom is -0.459 e. The number of carbonyl (C=O) groups is 1. The topological polar surface area (TPSA) is 94.4 Å². The number of carbonyl (C=O) groups excluding carboxylic acids is 1. The summed E-state index contributed by atoms with van der Waals surface area (Å²) in [7, 11) is -1.87. The van der Waals surface area contributed by atoms with Gasteiger partial charge < -0.3 is 9.30 Å². The Hall–Kier alpha value is -1.78. The van der Waals surface area contributed by atoms with Crippen molar-refractivity contribution in [1.82, 2.24) is 18.8 Å². The largest absolute Gasteiger partial charge is 0.459 e. The van der Waals surface area contributed by atoms with E-state index in [0.717, 1.165) is 17.1 Å². The molecule has 0 radical (unpaired) electrons. The molecule has 0 bridgehead atoms. The van der Waals surface area contributed by atoms with E-state index >= 15 is 0 Å². The summed E-state index contributed by atoms with van der Waals surface area (Å²) in [5, 5.41) is 2.97. The van der Waals surface area contributed by atoms with E-state index in [0.29, 0.717) is 18.7 Å². The fourth-order valence-corrected chi connectivity index (χ4v) is 5.18. The van der Waals surface area contributed by atoms with E-state index < -0.39 is 10.0 Å². The zero-order chi connectivity index (χ0) is 19.6. The smallest absolute Gasteiger partial charge is 0.309 e. The Morgan fingerprint density at radius 2 is 2.04 bits per heavy atom. The van der Waals surface area contributed by atoms with Crippen LogP contribution in [0.2, 0.25) is 0 Å². The van der Waals surface area contributed by atoms with Crippen molar-refractivity contribution in [3.05, 3.63) is 28.1 Å². The monoisotopic (exact) mass is 412 g/mol. The maximum Gasteiger partial charge on any atom is 0.309 e. The third-order valence-electron chi connectivity index (χ3n) is 4.74. The molecule has 10 heteroatoms. The van der Waals surface area contributed by atoms with Crippen molar-refractivity contribution in [3.63, 3.8) is 0 Å². The van der Waals surface area contributed by atoms with E-state index in [1.54, 1.807) is 29.9 Å². The van der Waals surface area contributed by atoms with Gasteiger partial charge >= 0.3 is 5.97 Å². The van der Waals surface area contributed by atoms with Gasteiger partial charge in [0.15, 0.2) is 5.03 Å². The number of thiazole rings is 1. The molecule has 2 aromatic rings. The van der Waals surface area contributed by atoms with Crippen LogP contribution in [0.5, 0.6) is 0 Å². The number of hydrogen-bond acceptors (Lipinski definition) is 7. The second kappa shape index (κ2) is 8.07. The molecule has 0 saturated carbocycles. The van der Waals surface area contributed by atoms with E-state index in [2.05, 4.69) is 9.97 Å². The molecule has 1 aliphatic rings. The van der Waals surface area contributed by atoms with Crippen molar-refractivity contribution < 1.29 is 17.9 Å². The van der Waals surface area contributed by atoms with Crippen molar-refractivity contribution in [2.75, 3.05) is 13.1 Å². The van der Waals surface area contributed by atoms with Crippen molar-refractivity contribution in [2.24, 2.45) is 13.0 Å². The van der Waals surface area contributed by atoms with E-state index in [4.69, 9.17) is 4.74 Å². The number of rotatable bonds is 6. The van der Waals surface area contributed by atoms with E-state index in [1.807, 2.05) is 12.3 Å². The number of esters is 1. The standard InChI is InChI=1S/C17H24N4O4S2/c1-4-15-19-14(11-26-15)10-25-17(22)13-5-7-21(8-6-13)27(23,24)16-9-20(3)12(2)18-16/h9,11,13H,4-8,10H2,1-3H3. The number of aromatic nitrogens is 3.